The van der Waals surface area contributed by atoms with Crippen LogP contribution in [0, 0.1) is 5.82 Å². The molecule has 0 spiro atoms. The average Bonchev–Trinajstić information content (AvgIpc) is 3.37. The summed E-state index contributed by atoms with van der Waals surface area (Å²) < 4.78 is 31.6. The number of hydrogen-bond donors (Lipinski definition) is 2. The number of carbonyl (C=O) groups is 1. The van der Waals surface area contributed by atoms with Crippen molar-refractivity contribution in [2.24, 2.45) is 9.50 Å². The average molecular weight is 438 g/mol. The number of carbonyl (C=O) groups excluding carboxylic acids is 1. The number of fused-ring (bicyclic) bond motifs is 2. The molecule has 2 aromatic rings. The molecule has 0 aliphatic heterocycles. The van der Waals surface area contributed by atoms with Crippen LogP contribution in [0.3, 0.4) is 0 Å². The van der Waals surface area contributed by atoms with Crippen molar-refractivity contribution < 1.29 is 18.5 Å². The van der Waals surface area contributed by atoms with Gasteiger partial charge in [-0.3, -0.25) is 4.79 Å². The molecule has 1 heterocycles. The number of amides is 1. The normalized spacial score (nSPS) is 17.7. The fraction of sp³-hybridized carbons (Fsp3) is 0.500. The molecule has 6 nitrogen and oxygen atoms in total. The standard InChI is InChI=1S/C20H24FN3O3S2/c1-20(2,26)19-23-10-17(28-19)29(22,27)24-16(25)9-15-11-5-3-7-13(11)18(21)14-8-4-6-12(14)15/h10,26H,3-9H2,1-2H3,(H2,22,24,25,27). The minimum atomic E-state index is -3.46. The second kappa shape index (κ2) is 7.23. The molecule has 1 atom stereocenters. The van der Waals surface area contributed by atoms with Crippen LogP contribution < -0.4 is 5.14 Å². The monoisotopic (exact) mass is 437 g/mol. The Morgan fingerprint density at radius 3 is 2.31 bits per heavy atom. The van der Waals surface area contributed by atoms with Gasteiger partial charge in [0.25, 0.3) is 5.91 Å². The van der Waals surface area contributed by atoms with Crippen molar-refractivity contribution in [3.63, 3.8) is 0 Å². The summed E-state index contributed by atoms with van der Waals surface area (Å²) in [6.45, 7) is 3.12. The van der Waals surface area contributed by atoms with E-state index in [1.807, 2.05) is 0 Å². The molecule has 4 rings (SSSR count). The van der Waals surface area contributed by atoms with Crippen LogP contribution in [0.2, 0.25) is 0 Å². The van der Waals surface area contributed by atoms with E-state index in [9.17, 15) is 18.5 Å². The lowest BCUT2D eigenvalue weighted by Crippen LogP contribution is -2.16. The molecule has 2 aliphatic carbocycles. The van der Waals surface area contributed by atoms with Crippen molar-refractivity contribution in [3.8, 4) is 0 Å². The minimum absolute atomic E-state index is 0.0176. The lowest BCUT2D eigenvalue weighted by atomic mass is 9.91. The molecule has 1 unspecified atom stereocenters. The molecule has 1 amide bonds. The van der Waals surface area contributed by atoms with E-state index in [4.69, 9.17) is 5.14 Å². The fourth-order valence-corrected chi connectivity index (χ4v) is 6.41. The summed E-state index contributed by atoms with van der Waals surface area (Å²) >= 11 is 0.980. The van der Waals surface area contributed by atoms with E-state index in [1.165, 1.54) is 6.20 Å². The number of halogens is 1. The van der Waals surface area contributed by atoms with Gasteiger partial charge in [-0.25, -0.2) is 18.7 Å². The summed E-state index contributed by atoms with van der Waals surface area (Å²) in [7, 11) is -3.46. The van der Waals surface area contributed by atoms with Crippen molar-refractivity contribution in [2.45, 2.75) is 68.6 Å². The maximum atomic E-state index is 14.8. The number of thiazole rings is 1. The highest BCUT2D eigenvalue weighted by Gasteiger charge is 2.30. The van der Waals surface area contributed by atoms with Gasteiger partial charge in [-0.05, 0) is 80.2 Å². The van der Waals surface area contributed by atoms with Crippen LogP contribution in [-0.2, 0) is 52.4 Å². The summed E-state index contributed by atoms with van der Waals surface area (Å²) in [5.74, 6) is -0.671. The molecule has 1 aromatic carbocycles. The zero-order chi connectivity index (χ0) is 21.0. The van der Waals surface area contributed by atoms with Gasteiger partial charge in [0.15, 0.2) is 9.92 Å². The molecule has 1 aromatic heterocycles. The second-order valence-electron chi connectivity index (χ2n) is 8.19. The van der Waals surface area contributed by atoms with Crippen molar-refractivity contribution >= 4 is 27.2 Å². The highest BCUT2D eigenvalue weighted by Crippen LogP contribution is 2.38. The largest absolute Gasteiger partial charge is 0.383 e. The molecule has 9 heteroatoms. The van der Waals surface area contributed by atoms with Gasteiger partial charge in [0.05, 0.1) is 12.6 Å². The lowest BCUT2D eigenvalue weighted by Gasteiger charge is -2.15. The highest BCUT2D eigenvalue weighted by atomic mass is 32.2. The van der Waals surface area contributed by atoms with E-state index in [0.29, 0.717) is 17.8 Å². The van der Waals surface area contributed by atoms with Gasteiger partial charge in [0.2, 0.25) is 0 Å². The van der Waals surface area contributed by atoms with Crippen LogP contribution in [0.1, 0.15) is 59.5 Å². The first-order valence-electron chi connectivity index (χ1n) is 9.68. The summed E-state index contributed by atoms with van der Waals surface area (Å²) in [5.41, 5.74) is 2.99. The van der Waals surface area contributed by atoms with Gasteiger partial charge in [-0.1, -0.05) is 0 Å². The highest BCUT2D eigenvalue weighted by molar-refractivity contribution is 7.93. The molecule has 3 N–H and O–H groups in total. The van der Waals surface area contributed by atoms with Crippen LogP contribution >= 0.6 is 11.3 Å². The molecule has 2 aliphatic rings. The lowest BCUT2D eigenvalue weighted by molar-refractivity contribution is -0.117. The Morgan fingerprint density at radius 2 is 1.79 bits per heavy atom. The maximum absolute atomic E-state index is 14.8. The molecule has 0 saturated carbocycles. The molecule has 0 radical (unpaired) electrons. The first kappa shape index (κ1) is 20.6. The Morgan fingerprint density at radius 1 is 1.24 bits per heavy atom. The van der Waals surface area contributed by atoms with Crippen LogP contribution in [0.15, 0.2) is 14.8 Å². The molecular formula is C20H24FN3O3S2. The topological polar surface area (TPSA) is 106 Å². The van der Waals surface area contributed by atoms with Crippen LogP contribution in [-0.4, -0.2) is 20.2 Å². The molecule has 0 fully saturated rings. The first-order chi connectivity index (χ1) is 13.6. The summed E-state index contributed by atoms with van der Waals surface area (Å²) in [4.78, 5) is 16.8. The Bertz CT molecular complexity index is 1090. The van der Waals surface area contributed by atoms with E-state index in [0.717, 1.165) is 64.8 Å². The first-order valence-corrected chi connectivity index (χ1v) is 12.1. The number of aromatic nitrogens is 1. The summed E-state index contributed by atoms with van der Waals surface area (Å²) in [6.07, 6.45) is 5.93. The number of nitrogens with zero attached hydrogens (tertiary/aromatic N) is 2. The zero-order valence-electron chi connectivity index (χ0n) is 16.5. The predicted octanol–water partition coefficient (Wildman–Crippen LogP) is 2.96. The Balaban J connectivity index is 1.67. The van der Waals surface area contributed by atoms with E-state index >= 15 is 0 Å². The van der Waals surface area contributed by atoms with Gasteiger partial charge in [-0.2, -0.15) is 0 Å². The number of hydrogen-bond acceptors (Lipinski definition) is 5. The van der Waals surface area contributed by atoms with Gasteiger partial charge in [-0.15, -0.1) is 15.7 Å². The van der Waals surface area contributed by atoms with Gasteiger partial charge < -0.3 is 5.11 Å². The number of rotatable bonds is 4. The van der Waals surface area contributed by atoms with Crippen molar-refractivity contribution in [1.29, 1.82) is 0 Å². The number of benzene rings is 1. The smallest absolute Gasteiger partial charge is 0.259 e. The predicted molar refractivity (Wildman–Crippen MR) is 110 cm³/mol. The van der Waals surface area contributed by atoms with E-state index < -0.39 is 21.4 Å². The molecule has 0 saturated heterocycles. The van der Waals surface area contributed by atoms with Gasteiger partial charge in [0.1, 0.15) is 20.6 Å². The number of nitrogens with two attached hydrogens (primary N) is 1. The van der Waals surface area contributed by atoms with E-state index in [2.05, 4.69) is 9.35 Å². The third kappa shape index (κ3) is 3.76. The van der Waals surface area contributed by atoms with Crippen LogP contribution in [0.4, 0.5) is 4.39 Å². The van der Waals surface area contributed by atoms with Crippen LogP contribution in [0.5, 0.6) is 0 Å². The maximum Gasteiger partial charge on any atom is 0.259 e. The van der Waals surface area contributed by atoms with Gasteiger partial charge in [0, 0.05) is 0 Å². The molecule has 29 heavy (non-hydrogen) atoms. The zero-order valence-corrected chi connectivity index (χ0v) is 18.1. The molecular weight excluding hydrogens is 413 g/mol. The Kier molecular flexibility index (Phi) is 5.13. The van der Waals surface area contributed by atoms with E-state index in [1.54, 1.807) is 13.8 Å². The second-order valence-corrected chi connectivity index (χ2v) is 11.2. The van der Waals surface area contributed by atoms with E-state index in [-0.39, 0.29) is 16.4 Å². The number of aliphatic hydroxyl groups is 1. The Labute approximate surface area is 173 Å². The van der Waals surface area contributed by atoms with Crippen molar-refractivity contribution in [3.05, 3.63) is 44.8 Å². The Hall–Kier alpha value is -1.68. The third-order valence-corrected chi connectivity index (χ3v) is 8.78. The summed E-state index contributed by atoms with van der Waals surface area (Å²) in [6, 6.07) is 0. The SMILES string of the molecule is CC(C)(O)c1ncc(S(N)(=O)=NC(=O)Cc2c3c(c(F)c4c2CCC4)CCC3)s1. The summed E-state index contributed by atoms with van der Waals surface area (Å²) in [5, 5.41) is 16.3. The fourth-order valence-electron chi connectivity index (χ4n) is 4.27. The van der Waals surface area contributed by atoms with Crippen LogP contribution in [0.25, 0.3) is 0 Å². The third-order valence-electron chi connectivity index (χ3n) is 5.56. The van der Waals surface area contributed by atoms with Gasteiger partial charge >= 0.3 is 0 Å². The minimum Gasteiger partial charge on any atom is -0.383 e. The van der Waals surface area contributed by atoms with Crippen molar-refractivity contribution in [2.75, 3.05) is 0 Å². The quantitative estimate of drug-likeness (QED) is 0.767. The molecule has 0 bridgehead atoms. The molecule has 156 valence electrons. The van der Waals surface area contributed by atoms with Crippen molar-refractivity contribution in [1.82, 2.24) is 4.98 Å².